The van der Waals surface area contributed by atoms with E-state index in [0.717, 1.165) is 52.9 Å². The molecule has 0 atom stereocenters. The lowest BCUT2D eigenvalue weighted by atomic mass is 10.2. The number of nitrogens with zero attached hydrogens (tertiary/aromatic N) is 2. The molecular weight excluding hydrogens is 402 g/mol. The Bertz CT molecular complexity index is 1050. The molecule has 1 aliphatic heterocycles. The number of fused-ring (bicyclic) bond motifs is 1. The summed E-state index contributed by atoms with van der Waals surface area (Å²) in [6.45, 7) is 3.15. The quantitative estimate of drug-likeness (QED) is 0.606. The van der Waals surface area contributed by atoms with Gasteiger partial charge in [-0.1, -0.05) is 11.3 Å². The van der Waals surface area contributed by atoms with Gasteiger partial charge in [-0.25, -0.2) is 4.98 Å². The van der Waals surface area contributed by atoms with Crippen LogP contribution < -0.4 is 19.7 Å². The highest BCUT2D eigenvalue weighted by molar-refractivity contribution is 7.22. The Labute approximate surface area is 178 Å². The summed E-state index contributed by atoms with van der Waals surface area (Å²) in [4.78, 5) is 19.3. The third-order valence-corrected chi connectivity index (χ3v) is 5.81. The minimum atomic E-state index is -0.214. The number of methoxy groups -OCH3 is 2. The van der Waals surface area contributed by atoms with E-state index in [0.29, 0.717) is 11.5 Å². The molecule has 2 heterocycles. The molecule has 1 amide bonds. The van der Waals surface area contributed by atoms with Crippen molar-refractivity contribution in [1.82, 2.24) is 4.98 Å². The smallest absolute Gasteiger partial charge is 0.248 e. The largest absolute Gasteiger partial charge is 0.497 e. The zero-order valence-electron chi connectivity index (χ0n) is 16.9. The summed E-state index contributed by atoms with van der Waals surface area (Å²) in [5, 5.41) is 3.90. The van der Waals surface area contributed by atoms with Crippen molar-refractivity contribution in [3.63, 3.8) is 0 Å². The summed E-state index contributed by atoms with van der Waals surface area (Å²) >= 11 is 1.63. The van der Waals surface area contributed by atoms with Gasteiger partial charge < -0.3 is 24.4 Å². The fourth-order valence-electron chi connectivity index (χ4n) is 3.16. The second-order valence-electron chi connectivity index (χ2n) is 6.75. The number of rotatable bonds is 6. The van der Waals surface area contributed by atoms with Crippen molar-refractivity contribution in [1.29, 1.82) is 0 Å². The van der Waals surface area contributed by atoms with Crippen LogP contribution in [0.4, 0.5) is 10.8 Å². The molecule has 1 aliphatic rings. The molecule has 7 nitrogen and oxygen atoms in total. The number of ether oxygens (including phenoxy) is 3. The van der Waals surface area contributed by atoms with Gasteiger partial charge in [0.15, 0.2) is 5.13 Å². The van der Waals surface area contributed by atoms with Gasteiger partial charge in [-0.05, 0) is 42.0 Å². The lowest BCUT2D eigenvalue weighted by molar-refractivity contribution is -0.111. The number of thiazole rings is 1. The second kappa shape index (κ2) is 9.15. The Morgan fingerprint density at radius 2 is 1.87 bits per heavy atom. The van der Waals surface area contributed by atoms with Crippen LogP contribution >= 0.6 is 11.3 Å². The topological polar surface area (TPSA) is 72.9 Å². The van der Waals surface area contributed by atoms with E-state index in [9.17, 15) is 4.79 Å². The zero-order chi connectivity index (χ0) is 20.9. The van der Waals surface area contributed by atoms with Crippen molar-refractivity contribution in [3.8, 4) is 11.5 Å². The highest BCUT2D eigenvalue weighted by atomic mass is 32.1. The van der Waals surface area contributed by atoms with Crippen LogP contribution in [0.3, 0.4) is 0 Å². The molecule has 3 aromatic rings. The van der Waals surface area contributed by atoms with E-state index in [2.05, 4.69) is 10.2 Å². The summed E-state index contributed by atoms with van der Waals surface area (Å²) in [5.41, 5.74) is 2.48. The number of benzene rings is 2. The number of aromatic nitrogens is 1. The van der Waals surface area contributed by atoms with Gasteiger partial charge in [0.25, 0.3) is 0 Å². The van der Waals surface area contributed by atoms with E-state index < -0.39 is 0 Å². The molecule has 4 rings (SSSR count). The lowest BCUT2D eigenvalue weighted by Gasteiger charge is -2.25. The molecule has 0 bridgehead atoms. The normalized spacial score (nSPS) is 14.3. The van der Waals surface area contributed by atoms with Gasteiger partial charge in [-0.15, -0.1) is 0 Å². The maximum atomic E-state index is 12.4. The van der Waals surface area contributed by atoms with Gasteiger partial charge in [-0.2, -0.15) is 0 Å². The molecule has 1 fully saturated rings. The molecule has 0 radical (unpaired) electrons. The van der Waals surface area contributed by atoms with Crippen molar-refractivity contribution < 1.29 is 19.0 Å². The molecule has 1 N–H and O–H groups in total. The van der Waals surface area contributed by atoms with E-state index in [4.69, 9.17) is 19.2 Å². The molecule has 30 heavy (non-hydrogen) atoms. The fraction of sp³-hybridized carbons (Fsp3) is 0.273. The highest BCUT2D eigenvalue weighted by Gasteiger charge is 2.15. The minimum Gasteiger partial charge on any atom is -0.497 e. The molecule has 0 unspecified atom stereocenters. The van der Waals surface area contributed by atoms with Crippen molar-refractivity contribution in [2.24, 2.45) is 0 Å². The number of carbonyl (C=O) groups is 1. The molecule has 0 saturated carbocycles. The Hall–Kier alpha value is -3.10. The van der Waals surface area contributed by atoms with Gasteiger partial charge in [0.2, 0.25) is 5.91 Å². The average Bonchev–Trinajstić information content (AvgIpc) is 3.21. The van der Waals surface area contributed by atoms with E-state index in [1.54, 1.807) is 37.7 Å². The Morgan fingerprint density at radius 3 is 2.57 bits per heavy atom. The first-order valence-corrected chi connectivity index (χ1v) is 10.4. The van der Waals surface area contributed by atoms with Crippen LogP contribution in [0.1, 0.15) is 5.56 Å². The number of hydrogen-bond donors (Lipinski definition) is 1. The van der Waals surface area contributed by atoms with E-state index in [1.165, 1.54) is 6.08 Å². The predicted molar refractivity (Wildman–Crippen MR) is 120 cm³/mol. The van der Waals surface area contributed by atoms with Crippen molar-refractivity contribution in [2.45, 2.75) is 0 Å². The first-order valence-electron chi connectivity index (χ1n) is 9.60. The zero-order valence-corrected chi connectivity index (χ0v) is 17.7. The summed E-state index contributed by atoms with van der Waals surface area (Å²) in [5.74, 6) is 1.12. The van der Waals surface area contributed by atoms with E-state index >= 15 is 0 Å². The summed E-state index contributed by atoms with van der Waals surface area (Å²) in [6.07, 6.45) is 3.21. The van der Waals surface area contributed by atoms with Crippen molar-refractivity contribution >= 4 is 44.4 Å². The Kier molecular flexibility index (Phi) is 6.15. The van der Waals surface area contributed by atoms with Crippen molar-refractivity contribution in [3.05, 3.63) is 48.0 Å². The maximum absolute atomic E-state index is 12.4. The van der Waals surface area contributed by atoms with Crippen LogP contribution in [0.2, 0.25) is 0 Å². The van der Waals surface area contributed by atoms with Crippen LogP contribution in [-0.2, 0) is 9.53 Å². The number of amides is 1. The minimum absolute atomic E-state index is 0.214. The molecule has 1 aromatic heterocycles. The van der Waals surface area contributed by atoms with Gasteiger partial charge in [-0.3, -0.25) is 4.79 Å². The van der Waals surface area contributed by atoms with Crippen molar-refractivity contribution in [2.75, 3.05) is 50.7 Å². The molecular formula is C22H23N3O4S. The first-order chi connectivity index (χ1) is 14.6. The second-order valence-corrected chi connectivity index (χ2v) is 7.76. The third-order valence-electron chi connectivity index (χ3n) is 4.73. The standard InChI is InChI=1S/C22H23N3O4S/c1-27-17-11-15(12-18(14-17)28-2)3-6-21(26)23-16-4-5-19-20(13-16)30-22(24-19)25-7-9-29-10-8-25/h3-6,11-14H,7-10H2,1-2H3,(H,23,26)/b6-3+. The summed E-state index contributed by atoms with van der Waals surface area (Å²) < 4.78 is 17.0. The Morgan fingerprint density at radius 1 is 1.13 bits per heavy atom. The highest BCUT2D eigenvalue weighted by Crippen LogP contribution is 2.31. The van der Waals surface area contributed by atoms with Gasteiger partial charge >= 0.3 is 0 Å². The van der Waals surface area contributed by atoms with Gasteiger partial charge in [0.05, 0.1) is 37.6 Å². The van der Waals surface area contributed by atoms with Crippen LogP contribution in [-0.4, -0.2) is 51.4 Å². The number of hydrogen-bond acceptors (Lipinski definition) is 7. The van der Waals surface area contributed by atoms with Crippen LogP contribution in [0.25, 0.3) is 16.3 Å². The molecule has 8 heteroatoms. The number of morpholine rings is 1. The van der Waals surface area contributed by atoms with E-state index in [1.807, 2.05) is 30.3 Å². The number of anilines is 2. The maximum Gasteiger partial charge on any atom is 0.248 e. The van der Waals surface area contributed by atoms with Crippen LogP contribution in [0.15, 0.2) is 42.5 Å². The molecule has 0 spiro atoms. The molecule has 1 saturated heterocycles. The molecule has 2 aromatic carbocycles. The van der Waals surface area contributed by atoms with Gasteiger partial charge in [0, 0.05) is 30.9 Å². The SMILES string of the molecule is COc1cc(/C=C/C(=O)Nc2ccc3nc(N4CCOCC4)sc3c2)cc(OC)c1. The average molecular weight is 426 g/mol. The summed E-state index contributed by atoms with van der Waals surface area (Å²) in [7, 11) is 3.18. The lowest BCUT2D eigenvalue weighted by Crippen LogP contribution is -2.36. The number of carbonyl (C=O) groups excluding carboxylic acids is 1. The predicted octanol–water partition coefficient (Wildman–Crippen LogP) is 3.80. The Balaban J connectivity index is 1.45. The monoisotopic (exact) mass is 425 g/mol. The summed E-state index contributed by atoms with van der Waals surface area (Å²) in [6, 6.07) is 11.2. The first kappa shape index (κ1) is 20.2. The number of nitrogens with one attached hydrogen (secondary N) is 1. The molecule has 0 aliphatic carbocycles. The van der Waals surface area contributed by atoms with Crippen LogP contribution in [0, 0.1) is 0 Å². The van der Waals surface area contributed by atoms with Crippen LogP contribution in [0.5, 0.6) is 11.5 Å². The fourth-order valence-corrected chi connectivity index (χ4v) is 4.22. The van der Waals surface area contributed by atoms with E-state index in [-0.39, 0.29) is 5.91 Å². The third kappa shape index (κ3) is 4.72. The van der Waals surface area contributed by atoms with Gasteiger partial charge in [0.1, 0.15) is 11.5 Å². The molecule has 156 valence electrons.